The molecule has 0 saturated carbocycles. The van der Waals surface area contributed by atoms with Crippen molar-refractivity contribution in [3.63, 3.8) is 0 Å². The summed E-state index contributed by atoms with van der Waals surface area (Å²) >= 11 is 0. The Hall–Kier alpha value is -1.95. The summed E-state index contributed by atoms with van der Waals surface area (Å²) in [5.41, 5.74) is 6.66. The molecule has 0 atom stereocenters. The predicted octanol–water partition coefficient (Wildman–Crippen LogP) is 2.64. The Labute approximate surface area is 132 Å². The molecule has 1 aromatic carbocycles. The molecule has 6 heteroatoms. The zero-order valence-electron chi connectivity index (χ0n) is 13.7. The third kappa shape index (κ3) is 6.67. The number of hydrogen-bond donors (Lipinski definition) is 2. The van der Waals surface area contributed by atoms with Crippen LogP contribution >= 0.6 is 0 Å². The van der Waals surface area contributed by atoms with Crippen molar-refractivity contribution in [2.75, 3.05) is 38.3 Å². The van der Waals surface area contributed by atoms with Gasteiger partial charge in [0.05, 0.1) is 18.9 Å². The van der Waals surface area contributed by atoms with Gasteiger partial charge in [-0.2, -0.15) is 0 Å². The lowest BCUT2D eigenvalue weighted by Gasteiger charge is -2.14. The molecule has 0 aliphatic carbocycles. The second-order valence-electron chi connectivity index (χ2n) is 4.47. The molecule has 0 aromatic heterocycles. The van der Waals surface area contributed by atoms with Gasteiger partial charge in [-0.3, -0.25) is 4.99 Å². The van der Waals surface area contributed by atoms with Crippen molar-refractivity contribution in [1.29, 1.82) is 0 Å². The summed E-state index contributed by atoms with van der Waals surface area (Å²) in [6.45, 7) is 9.07. The predicted molar refractivity (Wildman–Crippen MR) is 90.0 cm³/mol. The fraction of sp³-hybridized carbons (Fsp3) is 0.562. The van der Waals surface area contributed by atoms with Crippen molar-refractivity contribution < 1.29 is 14.2 Å². The highest BCUT2D eigenvalue weighted by Crippen LogP contribution is 2.29. The molecule has 3 N–H and O–H groups in total. The van der Waals surface area contributed by atoms with Gasteiger partial charge < -0.3 is 25.3 Å². The summed E-state index contributed by atoms with van der Waals surface area (Å²) < 4.78 is 16.3. The third-order valence-corrected chi connectivity index (χ3v) is 2.76. The molecule has 0 spiro atoms. The van der Waals surface area contributed by atoms with Crippen molar-refractivity contribution in [3.8, 4) is 11.5 Å². The lowest BCUT2D eigenvalue weighted by atomic mass is 10.2. The monoisotopic (exact) mass is 309 g/mol. The van der Waals surface area contributed by atoms with Crippen LogP contribution in [-0.2, 0) is 4.74 Å². The largest absolute Gasteiger partial charge is 0.494 e. The van der Waals surface area contributed by atoms with Crippen molar-refractivity contribution in [2.45, 2.75) is 27.2 Å². The maximum atomic E-state index is 5.91. The molecule has 0 unspecified atom stereocenters. The van der Waals surface area contributed by atoms with Gasteiger partial charge >= 0.3 is 0 Å². The first-order valence-corrected chi connectivity index (χ1v) is 7.75. The second kappa shape index (κ2) is 10.7. The smallest absolute Gasteiger partial charge is 0.193 e. The van der Waals surface area contributed by atoms with Crippen LogP contribution in [0.25, 0.3) is 0 Å². The topological polar surface area (TPSA) is 78.1 Å². The summed E-state index contributed by atoms with van der Waals surface area (Å²) in [6.07, 6.45) is 0.841. The maximum Gasteiger partial charge on any atom is 0.193 e. The molecule has 0 aliphatic heterocycles. The average Bonchev–Trinajstić information content (AvgIpc) is 2.50. The van der Waals surface area contributed by atoms with E-state index in [1.165, 1.54) is 0 Å². The first-order valence-electron chi connectivity index (χ1n) is 7.75. The minimum Gasteiger partial charge on any atom is -0.494 e. The number of nitrogens with two attached hydrogens (primary N) is 1. The van der Waals surface area contributed by atoms with Crippen LogP contribution in [0, 0.1) is 0 Å². The van der Waals surface area contributed by atoms with Crippen molar-refractivity contribution in [1.82, 2.24) is 0 Å². The Morgan fingerprint density at radius 2 is 1.91 bits per heavy atom. The Morgan fingerprint density at radius 3 is 2.59 bits per heavy atom. The number of guanidine groups is 1. The number of benzene rings is 1. The van der Waals surface area contributed by atoms with Gasteiger partial charge in [-0.05, 0) is 39.3 Å². The zero-order chi connectivity index (χ0) is 16.2. The van der Waals surface area contributed by atoms with Crippen molar-refractivity contribution in [2.24, 2.45) is 10.7 Å². The first kappa shape index (κ1) is 18.1. The summed E-state index contributed by atoms with van der Waals surface area (Å²) in [4.78, 5) is 4.28. The Kier molecular flexibility index (Phi) is 8.83. The number of nitrogens with one attached hydrogen (secondary N) is 1. The van der Waals surface area contributed by atoms with Gasteiger partial charge in [0.2, 0.25) is 0 Å². The average molecular weight is 309 g/mol. The van der Waals surface area contributed by atoms with Gasteiger partial charge in [-0.25, -0.2) is 0 Å². The molecule has 0 fully saturated rings. The van der Waals surface area contributed by atoms with E-state index in [4.69, 9.17) is 19.9 Å². The summed E-state index contributed by atoms with van der Waals surface area (Å²) in [7, 11) is 0. The van der Waals surface area contributed by atoms with E-state index in [0.29, 0.717) is 32.3 Å². The fourth-order valence-corrected chi connectivity index (χ4v) is 1.83. The Morgan fingerprint density at radius 1 is 1.14 bits per heavy atom. The zero-order valence-corrected chi connectivity index (χ0v) is 13.7. The summed E-state index contributed by atoms with van der Waals surface area (Å²) in [5.74, 6) is 1.84. The number of ether oxygens (including phenoxy) is 3. The van der Waals surface area contributed by atoms with E-state index < -0.39 is 0 Å². The van der Waals surface area contributed by atoms with E-state index in [1.54, 1.807) is 0 Å². The van der Waals surface area contributed by atoms with E-state index in [0.717, 1.165) is 30.2 Å². The lowest BCUT2D eigenvalue weighted by molar-refractivity contribution is 0.146. The Balaban J connectivity index is 2.67. The number of anilines is 1. The van der Waals surface area contributed by atoms with Crippen LogP contribution in [0.2, 0.25) is 0 Å². The number of nitrogens with zero attached hydrogens (tertiary/aromatic N) is 1. The van der Waals surface area contributed by atoms with Crippen LogP contribution < -0.4 is 20.5 Å². The van der Waals surface area contributed by atoms with E-state index >= 15 is 0 Å². The summed E-state index contributed by atoms with van der Waals surface area (Å²) in [6, 6.07) is 5.59. The van der Waals surface area contributed by atoms with Gasteiger partial charge in [0.25, 0.3) is 0 Å². The van der Waals surface area contributed by atoms with Gasteiger partial charge in [0.15, 0.2) is 5.96 Å². The van der Waals surface area contributed by atoms with Crippen LogP contribution in [0.5, 0.6) is 11.5 Å². The van der Waals surface area contributed by atoms with E-state index in [2.05, 4.69) is 10.3 Å². The van der Waals surface area contributed by atoms with E-state index in [-0.39, 0.29) is 0 Å². The molecule has 0 bridgehead atoms. The van der Waals surface area contributed by atoms with Gasteiger partial charge in [0, 0.05) is 25.8 Å². The van der Waals surface area contributed by atoms with Crippen LogP contribution in [0.4, 0.5) is 5.69 Å². The molecule has 1 rings (SSSR count). The minimum atomic E-state index is 0.353. The molecule has 0 aliphatic rings. The highest BCUT2D eigenvalue weighted by Gasteiger charge is 2.07. The second-order valence-corrected chi connectivity index (χ2v) is 4.47. The van der Waals surface area contributed by atoms with Crippen LogP contribution in [0.15, 0.2) is 23.2 Å². The van der Waals surface area contributed by atoms with Crippen molar-refractivity contribution >= 4 is 11.6 Å². The highest BCUT2D eigenvalue weighted by atomic mass is 16.5. The first-order chi connectivity index (χ1) is 10.7. The van der Waals surface area contributed by atoms with Crippen LogP contribution in [-0.4, -0.2) is 38.9 Å². The van der Waals surface area contributed by atoms with Gasteiger partial charge in [0.1, 0.15) is 11.5 Å². The highest BCUT2D eigenvalue weighted by molar-refractivity contribution is 5.94. The molecule has 1 aromatic rings. The molecule has 0 heterocycles. The van der Waals surface area contributed by atoms with E-state index in [9.17, 15) is 0 Å². The molecule has 124 valence electrons. The van der Waals surface area contributed by atoms with Gasteiger partial charge in [-0.15, -0.1) is 0 Å². The molecular weight excluding hydrogens is 282 g/mol. The number of aliphatic imine (C=N–C) groups is 1. The minimum absolute atomic E-state index is 0.353. The molecule has 22 heavy (non-hydrogen) atoms. The fourth-order valence-electron chi connectivity index (χ4n) is 1.83. The molecule has 0 amide bonds. The van der Waals surface area contributed by atoms with Gasteiger partial charge in [-0.1, -0.05) is 0 Å². The number of rotatable bonds is 10. The normalized spacial score (nSPS) is 11.3. The SMILES string of the molecule is CCOCCCN=C(N)Nc1cc(OCC)ccc1OCC. The molecule has 6 nitrogen and oxygen atoms in total. The standard InChI is InChI=1S/C16H27N3O3/c1-4-20-11-7-10-18-16(17)19-14-12-13(21-5-2)8-9-15(14)22-6-3/h8-9,12H,4-7,10-11H2,1-3H3,(H3,17,18,19). The molecule has 0 saturated heterocycles. The van der Waals surface area contributed by atoms with Crippen LogP contribution in [0.3, 0.4) is 0 Å². The van der Waals surface area contributed by atoms with Crippen molar-refractivity contribution in [3.05, 3.63) is 18.2 Å². The van der Waals surface area contributed by atoms with Crippen LogP contribution in [0.1, 0.15) is 27.2 Å². The maximum absolute atomic E-state index is 5.91. The van der Waals surface area contributed by atoms with E-state index in [1.807, 2.05) is 39.0 Å². The molecule has 0 radical (unpaired) electrons. The Bertz CT molecular complexity index is 464. The lowest BCUT2D eigenvalue weighted by Crippen LogP contribution is -2.23. The molecular formula is C16H27N3O3. The summed E-state index contributed by atoms with van der Waals surface area (Å²) in [5, 5.41) is 3.07. The third-order valence-electron chi connectivity index (χ3n) is 2.76. The number of hydrogen-bond acceptors (Lipinski definition) is 4. The quantitative estimate of drug-likeness (QED) is 0.395.